The Morgan fingerprint density at radius 3 is 1.53 bits per heavy atom. The van der Waals surface area contributed by atoms with Crippen LogP contribution in [0.3, 0.4) is 0 Å². The first kappa shape index (κ1) is 30.5. The number of fused-ring (bicyclic) bond motifs is 3. The van der Waals surface area contributed by atoms with Crippen molar-refractivity contribution in [3.63, 3.8) is 0 Å². The summed E-state index contributed by atoms with van der Waals surface area (Å²) in [6.45, 7) is 4.08. The van der Waals surface area contributed by atoms with E-state index < -0.39 is 5.41 Å². The zero-order valence-corrected chi connectivity index (χ0v) is 28.5. The number of nitrogens with zero attached hydrogens (tertiary/aromatic N) is 4. The van der Waals surface area contributed by atoms with Gasteiger partial charge in [0.2, 0.25) is 0 Å². The fourth-order valence-electron chi connectivity index (χ4n) is 7.90. The normalized spacial score (nSPS) is 12.7. The van der Waals surface area contributed by atoms with Gasteiger partial charge in [-0.2, -0.15) is 0 Å². The average Bonchev–Trinajstić information content (AvgIpc) is 3.50. The van der Waals surface area contributed by atoms with Crippen LogP contribution >= 0.6 is 0 Å². The molecule has 0 saturated carbocycles. The van der Waals surface area contributed by atoms with Crippen LogP contribution in [0.15, 0.2) is 170 Å². The van der Waals surface area contributed by atoms with Crippen LogP contribution in [0.5, 0.6) is 0 Å². The summed E-state index contributed by atoms with van der Waals surface area (Å²) in [5.74, 6) is 1.89. The van der Waals surface area contributed by atoms with Crippen molar-refractivity contribution in [3.05, 3.63) is 203 Å². The van der Waals surface area contributed by atoms with Gasteiger partial charge in [-0.3, -0.25) is 4.98 Å². The molecule has 0 aliphatic heterocycles. The van der Waals surface area contributed by atoms with Crippen molar-refractivity contribution >= 4 is 0 Å². The molecule has 0 radical (unpaired) electrons. The Morgan fingerprint density at radius 1 is 0.353 bits per heavy atom. The van der Waals surface area contributed by atoms with E-state index in [-0.39, 0.29) is 0 Å². The van der Waals surface area contributed by atoms with Crippen LogP contribution in [0.2, 0.25) is 0 Å². The van der Waals surface area contributed by atoms with Gasteiger partial charge in [-0.05, 0) is 58.9 Å². The summed E-state index contributed by atoms with van der Waals surface area (Å²) in [5.41, 5.74) is 13.6. The first-order valence-electron chi connectivity index (χ1n) is 17.3. The molecule has 1 aliphatic carbocycles. The molecule has 2 aromatic heterocycles. The molecule has 0 spiro atoms. The van der Waals surface area contributed by atoms with Gasteiger partial charge in [0.05, 0.1) is 5.41 Å². The van der Waals surface area contributed by atoms with Crippen LogP contribution < -0.4 is 0 Å². The van der Waals surface area contributed by atoms with Gasteiger partial charge in [-0.25, -0.2) is 15.0 Å². The average molecular weight is 655 g/mol. The highest BCUT2D eigenvalue weighted by Gasteiger charge is 2.47. The highest BCUT2D eigenvalue weighted by atomic mass is 15.0. The molecule has 4 nitrogen and oxygen atoms in total. The second-order valence-corrected chi connectivity index (χ2v) is 13.1. The smallest absolute Gasteiger partial charge is 0.164 e. The summed E-state index contributed by atoms with van der Waals surface area (Å²) in [6, 6.07) is 59.8. The Labute approximate surface area is 298 Å². The van der Waals surface area contributed by atoms with Crippen molar-refractivity contribution in [2.45, 2.75) is 19.3 Å². The quantitative estimate of drug-likeness (QED) is 0.179. The fourth-order valence-corrected chi connectivity index (χ4v) is 7.90. The van der Waals surface area contributed by atoms with Crippen molar-refractivity contribution in [1.82, 2.24) is 19.9 Å². The lowest BCUT2D eigenvalue weighted by Crippen LogP contribution is -2.28. The largest absolute Gasteiger partial charge is 0.258 e. The van der Waals surface area contributed by atoms with E-state index >= 15 is 0 Å². The molecule has 51 heavy (non-hydrogen) atoms. The maximum Gasteiger partial charge on any atom is 0.164 e. The first-order valence-corrected chi connectivity index (χ1v) is 17.3. The number of hydrogen-bond donors (Lipinski definition) is 0. The molecule has 4 heteroatoms. The van der Waals surface area contributed by atoms with Crippen molar-refractivity contribution in [1.29, 1.82) is 0 Å². The predicted octanol–water partition coefficient (Wildman–Crippen LogP) is 10.9. The third kappa shape index (κ3) is 4.99. The topological polar surface area (TPSA) is 51.6 Å². The van der Waals surface area contributed by atoms with Crippen LogP contribution in [-0.2, 0) is 5.41 Å². The lowest BCUT2D eigenvalue weighted by atomic mass is 9.67. The molecule has 0 amide bonds. The van der Waals surface area contributed by atoms with Crippen LogP contribution in [0, 0.1) is 13.8 Å². The van der Waals surface area contributed by atoms with E-state index in [4.69, 9.17) is 19.9 Å². The van der Waals surface area contributed by atoms with Crippen LogP contribution in [0.25, 0.3) is 56.4 Å². The molecule has 6 aromatic carbocycles. The van der Waals surface area contributed by atoms with Crippen LogP contribution in [0.1, 0.15) is 33.6 Å². The van der Waals surface area contributed by atoms with Gasteiger partial charge in [-0.15, -0.1) is 0 Å². The molecule has 0 bridgehead atoms. The van der Waals surface area contributed by atoms with Gasteiger partial charge in [0.1, 0.15) is 0 Å². The fraction of sp³-hybridized carbons (Fsp3) is 0.0638. The molecule has 0 saturated heterocycles. The van der Waals surface area contributed by atoms with Gasteiger partial charge in [0, 0.05) is 33.6 Å². The minimum atomic E-state index is -0.523. The Bertz CT molecular complexity index is 2500. The highest BCUT2D eigenvalue weighted by molar-refractivity contribution is 5.94. The third-order valence-electron chi connectivity index (χ3n) is 10.1. The summed E-state index contributed by atoms with van der Waals surface area (Å²) in [5, 5.41) is 0. The van der Waals surface area contributed by atoms with E-state index in [9.17, 15) is 0 Å². The second-order valence-electron chi connectivity index (χ2n) is 13.1. The van der Waals surface area contributed by atoms with Gasteiger partial charge >= 0.3 is 0 Å². The molecule has 2 heterocycles. The Morgan fingerprint density at radius 2 is 0.863 bits per heavy atom. The van der Waals surface area contributed by atoms with Crippen molar-refractivity contribution in [3.8, 4) is 56.4 Å². The van der Waals surface area contributed by atoms with Gasteiger partial charge in [0.25, 0.3) is 0 Å². The number of aryl methyl sites for hydroxylation is 2. The molecular formula is C47H34N4. The molecule has 8 aromatic rings. The van der Waals surface area contributed by atoms with E-state index in [1.807, 2.05) is 31.2 Å². The zero-order chi connectivity index (χ0) is 34.4. The lowest BCUT2D eigenvalue weighted by Gasteiger charge is -2.33. The monoisotopic (exact) mass is 654 g/mol. The maximum atomic E-state index is 5.33. The lowest BCUT2D eigenvalue weighted by molar-refractivity contribution is 0.768. The Hall–Kier alpha value is -6.52. The van der Waals surface area contributed by atoms with E-state index in [1.165, 1.54) is 27.8 Å². The number of benzene rings is 6. The molecule has 242 valence electrons. The Kier molecular flexibility index (Phi) is 7.44. The second kappa shape index (κ2) is 12.4. The van der Waals surface area contributed by atoms with E-state index in [1.54, 1.807) is 0 Å². The minimum Gasteiger partial charge on any atom is -0.258 e. The van der Waals surface area contributed by atoms with Crippen LogP contribution in [-0.4, -0.2) is 19.9 Å². The van der Waals surface area contributed by atoms with Crippen molar-refractivity contribution in [2.75, 3.05) is 0 Å². The van der Waals surface area contributed by atoms with Crippen LogP contribution in [0.4, 0.5) is 0 Å². The van der Waals surface area contributed by atoms with E-state index in [0.717, 1.165) is 44.8 Å². The van der Waals surface area contributed by atoms with Gasteiger partial charge < -0.3 is 0 Å². The molecule has 0 atom stereocenters. The maximum absolute atomic E-state index is 5.33. The first-order chi connectivity index (χ1) is 25.1. The number of aromatic nitrogens is 4. The van der Waals surface area contributed by atoms with Crippen molar-refractivity contribution < 1.29 is 0 Å². The zero-order valence-electron chi connectivity index (χ0n) is 28.5. The van der Waals surface area contributed by atoms with Gasteiger partial charge in [0.15, 0.2) is 17.5 Å². The number of pyridine rings is 1. The molecule has 0 fully saturated rings. The van der Waals surface area contributed by atoms with Crippen molar-refractivity contribution in [2.24, 2.45) is 0 Å². The number of rotatable bonds is 6. The molecule has 1 aliphatic rings. The van der Waals surface area contributed by atoms with E-state index in [0.29, 0.717) is 17.5 Å². The SMILES string of the molecule is Cc1ccc(-c2ccccc2-c2nc(-c3ccccc3)nc(-c3cccc4c3-c3ccccc3C4(c3ccccc3)c3ccccc3)n2)c(C)n1. The standard InChI is InChI=1S/C47H34N4/c1-31-29-30-36(32(2)48-31)37-23-12-13-24-38(37)45-49-44(33-17-6-3-7-18-33)50-46(51-45)40-26-16-28-42-43(40)39-25-14-15-27-41(39)47(42,34-19-8-4-9-20-34)35-21-10-5-11-22-35/h3-30H,1-2H3. The molecule has 9 rings (SSSR count). The summed E-state index contributed by atoms with van der Waals surface area (Å²) in [7, 11) is 0. The minimum absolute atomic E-state index is 0.523. The molecule has 0 unspecified atom stereocenters. The third-order valence-corrected chi connectivity index (χ3v) is 10.1. The predicted molar refractivity (Wildman–Crippen MR) is 206 cm³/mol. The molecular weight excluding hydrogens is 621 g/mol. The van der Waals surface area contributed by atoms with E-state index in [2.05, 4.69) is 153 Å². The Balaban J connectivity index is 1.34. The number of hydrogen-bond acceptors (Lipinski definition) is 4. The highest BCUT2D eigenvalue weighted by Crippen LogP contribution is 2.58. The molecule has 0 N–H and O–H groups in total. The summed E-state index contributed by atoms with van der Waals surface area (Å²) in [4.78, 5) is 20.5. The summed E-state index contributed by atoms with van der Waals surface area (Å²) in [6.07, 6.45) is 0. The van der Waals surface area contributed by atoms with Gasteiger partial charge in [-0.1, -0.05) is 164 Å². The summed E-state index contributed by atoms with van der Waals surface area (Å²) >= 11 is 0. The summed E-state index contributed by atoms with van der Waals surface area (Å²) < 4.78 is 0.